The number of rotatable bonds is 1. The molecule has 0 aliphatic heterocycles. The molecule has 4 rings (SSSR count). The highest BCUT2D eigenvalue weighted by Gasteiger charge is 2.57. The third-order valence-corrected chi connectivity index (χ3v) is 6.77. The molecule has 0 radical (unpaired) electrons. The summed E-state index contributed by atoms with van der Waals surface area (Å²) in [4.78, 5) is 7.58. The van der Waals surface area contributed by atoms with Gasteiger partial charge in [0, 0.05) is 17.1 Å². The van der Waals surface area contributed by atoms with Gasteiger partial charge in [-0.2, -0.15) is 0 Å². The maximum atomic E-state index is 7.90. The maximum absolute atomic E-state index is 7.90. The lowest BCUT2D eigenvalue weighted by Crippen LogP contribution is -2.49. The Morgan fingerprint density at radius 3 is 2.83 bits per heavy atom. The molecule has 1 heterocycles. The quantitative estimate of drug-likeness (QED) is 0.535. The zero-order valence-corrected chi connectivity index (χ0v) is 14.2. The van der Waals surface area contributed by atoms with Gasteiger partial charge in [0.25, 0.3) is 0 Å². The van der Waals surface area contributed by atoms with Gasteiger partial charge in [0.1, 0.15) is 0 Å². The zero-order valence-electron chi connectivity index (χ0n) is 14.2. The molecule has 0 unspecified atom stereocenters. The van der Waals surface area contributed by atoms with E-state index in [0.29, 0.717) is 11.8 Å². The molecule has 2 heteroatoms. The first-order valence-electron chi connectivity index (χ1n) is 8.54. The van der Waals surface area contributed by atoms with E-state index in [-0.39, 0.29) is 16.9 Å². The van der Waals surface area contributed by atoms with Gasteiger partial charge in [0.05, 0.1) is 11.3 Å². The van der Waals surface area contributed by atoms with E-state index in [1.807, 2.05) is 6.08 Å². The molecule has 4 atom stereocenters. The molecule has 0 amide bonds. The van der Waals surface area contributed by atoms with E-state index in [1.165, 1.54) is 22.0 Å². The molecular weight excluding hydrogens is 280 g/mol. The molecule has 1 N–H and O–H groups in total. The third kappa shape index (κ3) is 1.68. The number of fused-ring (bicyclic) bond motifs is 2. The largest absolute Gasteiger partial charge is 0.361 e. The van der Waals surface area contributed by atoms with Crippen LogP contribution >= 0.6 is 0 Å². The second-order valence-electron chi connectivity index (χ2n) is 8.15. The summed E-state index contributed by atoms with van der Waals surface area (Å²) in [5.74, 6) is 0.812. The number of aromatic amines is 1. The van der Waals surface area contributed by atoms with Crippen LogP contribution in [0.2, 0.25) is 0 Å². The van der Waals surface area contributed by atoms with Crippen LogP contribution in [0, 0.1) is 17.9 Å². The van der Waals surface area contributed by atoms with Crippen molar-refractivity contribution in [3.05, 3.63) is 59.6 Å². The van der Waals surface area contributed by atoms with Gasteiger partial charge in [-0.15, -0.1) is 6.58 Å². The van der Waals surface area contributed by atoms with E-state index < -0.39 is 0 Å². The van der Waals surface area contributed by atoms with Gasteiger partial charge in [-0.25, -0.2) is 6.57 Å². The Bertz CT molecular complexity index is 835. The summed E-state index contributed by atoms with van der Waals surface area (Å²) in [6.07, 6.45) is 6.41. The Labute approximate surface area is 138 Å². The van der Waals surface area contributed by atoms with E-state index >= 15 is 0 Å². The van der Waals surface area contributed by atoms with Gasteiger partial charge in [-0.05, 0) is 48.3 Å². The number of hydrogen-bond acceptors (Lipinski definition) is 0. The van der Waals surface area contributed by atoms with E-state index in [4.69, 9.17) is 6.57 Å². The number of benzene rings is 1. The van der Waals surface area contributed by atoms with Crippen LogP contribution in [0.4, 0.5) is 0 Å². The standard InChI is InChI=1S/C21H24N2/c1-6-21(4)11-10-15-18(19(21)22-5)13-12-23-16-9-7-8-14(17(13)16)20(15,2)3/h6-9,12,15,18-19,23H,1,10-11H2,2-4H3/t15-,18+,19-,21-/m1/s1. The number of nitrogens with one attached hydrogen (secondary N) is 1. The van der Waals surface area contributed by atoms with Gasteiger partial charge in [-0.1, -0.05) is 32.1 Å². The highest BCUT2D eigenvalue weighted by atomic mass is 14.8. The van der Waals surface area contributed by atoms with Crippen LogP contribution in [-0.4, -0.2) is 11.0 Å². The summed E-state index contributed by atoms with van der Waals surface area (Å²) in [7, 11) is 0. The molecule has 2 aliphatic rings. The van der Waals surface area contributed by atoms with Crippen LogP contribution in [-0.2, 0) is 5.41 Å². The van der Waals surface area contributed by atoms with Crippen molar-refractivity contribution >= 4 is 10.9 Å². The fraction of sp³-hybridized carbons (Fsp3) is 0.476. The molecule has 1 aromatic heterocycles. The Kier molecular flexibility index (Phi) is 2.86. The van der Waals surface area contributed by atoms with Crippen LogP contribution in [0.25, 0.3) is 15.7 Å². The van der Waals surface area contributed by atoms with E-state index in [0.717, 1.165) is 12.8 Å². The Hall–Kier alpha value is -2.01. The van der Waals surface area contributed by atoms with Gasteiger partial charge < -0.3 is 9.83 Å². The molecule has 1 fully saturated rings. The van der Waals surface area contributed by atoms with Gasteiger partial charge in [0.15, 0.2) is 0 Å². The summed E-state index contributed by atoms with van der Waals surface area (Å²) in [6, 6.07) is 6.57. The second kappa shape index (κ2) is 4.51. The fourth-order valence-corrected chi connectivity index (χ4v) is 5.28. The molecule has 0 bridgehead atoms. The average Bonchev–Trinajstić information content (AvgIpc) is 2.97. The Morgan fingerprint density at radius 2 is 2.13 bits per heavy atom. The summed E-state index contributed by atoms with van der Waals surface area (Å²) in [6.45, 7) is 18.9. The van der Waals surface area contributed by atoms with E-state index in [2.05, 4.69) is 61.6 Å². The van der Waals surface area contributed by atoms with Gasteiger partial charge >= 0.3 is 0 Å². The molecule has 0 spiro atoms. The topological polar surface area (TPSA) is 20.1 Å². The van der Waals surface area contributed by atoms with Crippen LogP contribution in [0.15, 0.2) is 37.1 Å². The fourth-order valence-electron chi connectivity index (χ4n) is 5.28. The van der Waals surface area contributed by atoms with Crippen molar-refractivity contribution < 1.29 is 0 Å². The molecule has 23 heavy (non-hydrogen) atoms. The highest BCUT2D eigenvalue weighted by molar-refractivity contribution is 5.89. The van der Waals surface area contributed by atoms with Crippen molar-refractivity contribution in [1.82, 2.24) is 4.98 Å². The van der Waals surface area contributed by atoms with Crippen LogP contribution in [0.1, 0.15) is 50.7 Å². The van der Waals surface area contributed by atoms with Crippen LogP contribution < -0.4 is 0 Å². The van der Waals surface area contributed by atoms with Gasteiger partial charge in [0.2, 0.25) is 6.04 Å². The minimum absolute atomic E-state index is 0.0228. The van der Waals surface area contributed by atoms with Crippen molar-refractivity contribution in [1.29, 1.82) is 0 Å². The second-order valence-corrected chi connectivity index (χ2v) is 8.15. The normalized spacial score (nSPS) is 34.6. The highest BCUT2D eigenvalue weighted by Crippen LogP contribution is 2.59. The van der Waals surface area contributed by atoms with Crippen molar-refractivity contribution in [2.75, 3.05) is 0 Å². The van der Waals surface area contributed by atoms with Gasteiger partial charge in [-0.3, -0.25) is 0 Å². The van der Waals surface area contributed by atoms with Crippen molar-refractivity contribution in [3.8, 4) is 0 Å². The summed E-state index contributed by atoms with van der Waals surface area (Å²) >= 11 is 0. The zero-order chi connectivity index (χ0) is 16.4. The Morgan fingerprint density at radius 1 is 1.35 bits per heavy atom. The summed E-state index contributed by atoms with van der Waals surface area (Å²) in [5, 5.41) is 1.36. The molecule has 2 aliphatic carbocycles. The number of nitrogens with zero attached hydrogens (tertiary/aromatic N) is 1. The van der Waals surface area contributed by atoms with Crippen molar-refractivity contribution in [3.63, 3.8) is 0 Å². The number of aromatic nitrogens is 1. The molecule has 1 saturated carbocycles. The lowest BCUT2D eigenvalue weighted by atomic mass is 9.51. The predicted molar refractivity (Wildman–Crippen MR) is 95.5 cm³/mol. The first-order valence-corrected chi connectivity index (χ1v) is 8.54. The smallest absolute Gasteiger partial charge is 0.239 e. The number of H-pyrrole nitrogens is 1. The minimum Gasteiger partial charge on any atom is -0.361 e. The maximum Gasteiger partial charge on any atom is 0.239 e. The Balaban J connectivity index is 2.02. The van der Waals surface area contributed by atoms with E-state index in [1.54, 1.807) is 0 Å². The van der Waals surface area contributed by atoms with Crippen LogP contribution in [0.3, 0.4) is 0 Å². The molecular formula is C21H24N2. The lowest BCUT2D eigenvalue weighted by molar-refractivity contribution is 0.119. The first-order chi connectivity index (χ1) is 10.9. The monoisotopic (exact) mass is 304 g/mol. The number of hydrogen-bond donors (Lipinski definition) is 1. The molecule has 0 saturated heterocycles. The molecule has 2 aromatic rings. The third-order valence-electron chi connectivity index (χ3n) is 6.77. The lowest BCUT2D eigenvalue weighted by Gasteiger charge is -2.50. The molecule has 1 aromatic carbocycles. The predicted octanol–water partition coefficient (Wildman–Crippen LogP) is 5.43. The first kappa shape index (κ1) is 14.6. The summed E-state index contributed by atoms with van der Waals surface area (Å²) in [5.41, 5.74) is 4.02. The minimum atomic E-state index is -0.0884. The van der Waals surface area contributed by atoms with Crippen molar-refractivity contribution in [2.45, 2.75) is 51.0 Å². The average molecular weight is 304 g/mol. The summed E-state index contributed by atoms with van der Waals surface area (Å²) < 4.78 is 0. The van der Waals surface area contributed by atoms with E-state index in [9.17, 15) is 0 Å². The molecule has 2 nitrogen and oxygen atoms in total. The molecule has 118 valence electrons. The van der Waals surface area contributed by atoms with Crippen molar-refractivity contribution in [2.24, 2.45) is 11.3 Å². The SMILES string of the molecule is [C-]#[N+][C@@H]1[C@H]2c3c[nH]c4cccc(c34)C(C)(C)[C@@H]2CC[C@@]1(C)C=C. The van der Waals surface area contributed by atoms with Crippen LogP contribution in [0.5, 0.6) is 0 Å².